The molecule has 0 fully saturated rings. The molecule has 0 aromatic rings. The Bertz CT molecular complexity index is 149. The van der Waals surface area contributed by atoms with Crippen LogP contribution in [-0.4, -0.2) is 19.5 Å². The number of carbonyl (C=O) groups is 1. The maximum absolute atomic E-state index is 10.5. The monoisotopic (exact) mass is 126 g/mol. The van der Waals surface area contributed by atoms with Crippen molar-refractivity contribution in [3.05, 3.63) is 11.9 Å². The normalized spacial score (nSPS) is 10.7. The van der Waals surface area contributed by atoms with Gasteiger partial charge in [-0.15, -0.1) is 0 Å². The van der Waals surface area contributed by atoms with Crippen LogP contribution in [0.3, 0.4) is 0 Å². The lowest BCUT2D eigenvalue weighted by molar-refractivity contribution is -0.113. The lowest BCUT2D eigenvalue weighted by Gasteiger charge is -1.91. The van der Waals surface area contributed by atoms with Crippen molar-refractivity contribution < 1.29 is 4.79 Å². The second-order valence-corrected chi connectivity index (χ2v) is 1.53. The van der Waals surface area contributed by atoms with Gasteiger partial charge in [0, 0.05) is 20.2 Å². The molecule has 3 heteroatoms. The van der Waals surface area contributed by atoms with Gasteiger partial charge in [-0.25, -0.2) is 0 Å². The van der Waals surface area contributed by atoms with Crippen molar-refractivity contribution >= 4 is 12.5 Å². The standard InChI is InChI=1S/C6H10N2O/c1-5(9)6(8-3)4-7-2/h4,7H,3H2,1-2H3/b6-4-. The summed E-state index contributed by atoms with van der Waals surface area (Å²) in [5, 5.41) is 2.68. The highest BCUT2D eigenvalue weighted by Crippen LogP contribution is 1.92. The minimum atomic E-state index is -0.0839. The van der Waals surface area contributed by atoms with Gasteiger partial charge in [-0.1, -0.05) is 0 Å². The van der Waals surface area contributed by atoms with E-state index >= 15 is 0 Å². The second kappa shape index (κ2) is 3.83. The molecule has 0 aliphatic rings. The molecule has 0 aliphatic heterocycles. The second-order valence-electron chi connectivity index (χ2n) is 1.53. The molecule has 0 amide bonds. The Morgan fingerprint density at radius 1 is 1.78 bits per heavy atom. The van der Waals surface area contributed by atoms with Crippen LogP contribution in [0.2, 0.25) is 0 Å². The average molecular weight is 126 g/mol. The molecule has 0 saturated carbocycles. The van der Waals surface area contributed by atoms with E-state index in [9.17, 15) is 4.79 Å². The predicted molar refractivity (Wildman–Crippen MR) is 37.4 cm³/mol. The fourth-order valence-electron chi connectivity index (χ4n) is 0.395. The van der Waals surface area contributed by atoms with E-state index in [1.54, 1.807) is 7.05 Å². The van der Waals surface area contributed by atoms with E-state index in [0.29, 0.717) is 5.70 Å². The van der Waals surface area contributed by atoms with Crippen LogP contribution in [0, 0.1) is 0 Å². The molecule has 0 aromatic carbocycles. The molecule has 0 unspecified atom stereocenters. The minimum absolute atomic E-state index is 0.0839. The molecule has 9 heavy (non-hydrogen) atoms. The summed E-state index contributed by atoms with van der Waals surface area (Å²) in [7, 11) is 1.70. The zero-order valence-electron chi connectivity index (χ0n) is 5.64. The maximum atomic E-state index is 10.5. The molecule has 0 spiro atoms. The van der Waals surface area contributed by atoms with Crippen LogP contribution >= 0.6 is 0 Å². The Labute approximate surface area is 54.5 Å². The lowest BCUT2D eigenvalue weighted by Crippen LogP contribution is -2.00. The first-order valence-corrected chi connectivity index (χ1v) is 2.57. The van der Waals surface area contributed by atoms with Gasteiger partial charge >= 0.3 is 0 Å². The Kier molecular flexibility index (Phi) is 3.35. The highest BCUT2D eigenvalue weighted by Gasteiger charge is 1.96. The molecule has 0 saturated heterocycles. The summed E-state index contributed by atoms with van der Waals surface area (Å²) in [6, 6.07) is 0. The van der Waals surface area contributed by atoms with Gasteiger partial charge in [0.1, 0.15) is 5.70 Å². The number of rotatable bonds is 3. The number of carbonyl (C=O) groups excluding carboxylic acids is 1. The topological polar surface area (TPSA) is 41.5 Å². The molecule has 0 heterocycles. The lowest BCUT2D eigenvalue weighted by atomic mass is 10.3. The quantitative estimate of drug-likeness (QED) is 0.437. The Hall–Kier alpha value is -1.12. The van der Waals surface area contributed by atoms with E-state index in [-0.39, 0.29) is 5.78 Å². The summed E-state index contributed by atoms with van der Waals surface area (Å²) < 4.78 is 0. The number of allylic oxidation sites excluding steroid dienone is 1. The van der Waals surface area contributed by atoms with Crippen LogP contribution in [-0.2, 0) is 4.79 Å². The van der Waals surface area contributed by atoms with Crippen LogP contribution in [0.1, 0.15) is 6.92 Å². The van der Waals surface area contributed by atoms with E-state index in [2.05, 4.69) is 17.0 Å². The highest BCUT2D eigenvalue weighted by atomic mass is 16.1. The molecule has 0 rings (SSSR count). The Morgan fingerprint density at radius 3 is 2.44 bits per heavy atom. The minimum Gasteiger partial charge on any atom is -0.392 e. The first-order chi connectivity index (χ1) is 4.22. The van der Waals surface area contributed by atoms with Crippen molar-refractivity contribution in [2.75, 3.05) is 7.05 Å². The maximum Gasteiger partial charge on any atom is 0.179 e. The van der Waals surface area contributed by atoms with Crippen molar-refractivity contribution in [3.8, 4) is 0 Å². The first-order valence-electron chi connectivity index (χ1n) is 2.57. The van der Waals surface area contributed by atoms with Crippen molar-refractivity contribution in [1.82, 2.24) is 5.32 Å². The molecular weight excluding hydrogens is 116 g/mol. The van der Waals surface area contributed by atoms with E-state index in [4.69, 9.17) is 0 Å². The Balaban J connectivity index is 4.14. The molecule has 1 N–H and O–H groups in total. The first kappa shape index (κ1) is 7.88. The molecule has 0 bridgehead atoms. The predicted octanol–water partition coefficient (Wildman–Crippen LogP) is 0.337. The number of nitrogens with one attached hydrogen (secondary N) is 1. The fourth-order valence-corrected chi connectivity index (χ4v) is 0.395. The van der Waals surface area contributed by atoms with Crippen LogP contribution in [0.25, 0.3) is 0 Å². The third kappa shape index (κ3) is 2.64. The third-order valence-corrected chi connectivity index (χ3v) is 0.812. The van der Waals surface area contributed by atoms with E-state index < -0.39 is 0 Å². The molecule has 0 aliphatic carbocycles. The zero-order valence-corrected chi connectivity index (χ0v) is 5.64. The van der Waals surface area contributed by atoms with Crippen LogP contribution < -0.4 is 5.32 Å². The SMILES string of the molecule is C=N/C(=C\NC)C(C)=O. The smallest absolute Gasteiger partial charge is 0.179 e. The molecular formula is C6H10N2O. The highest BCUT2D eigenvalue weighted by molar-refractivity contribution is 5.93. The molecule has 0 atom stereocenters. The van der Waals surface area contributed by atoms with Gasteiger partial charge in [0.15, 0.2) is 5.78 Å². The van der Waals surface area contributed by atoms with Gasteiger partial charge in [0.05, 0.1) is 0 Å². The molecule has 3 nitrogen and oxygen atoms in total. The fraction of sp³-hybridized carbons (Fsp3) is 0.333. The number of hydrogen-bond donors (Lipinski definition) is 1. The largest absolute Gasteiger partial charge is 0.392 e. The molecule has 0 radical (unpaired) electrons. The zero-order chi connectivity index (χ0) is 7.28. The van der Waals surface area contributed by atoms with Gasteiger partial charge in [-0.3, -0.25) is 9.79 Å². The van der Waals surface area contributed by atoms with Gasteiger partial charge in [-0.05, 0) is 6.72 Å². The van der Waals surface area contributed by atoms with Gasteiger partial charge < -0.3 is 5.32 Å². The summed E-state index contributed by atoms with van der Waals surface area (Å²) in [5.41, 5.74) is 0.359. The average Bonchev–Trinajstić information content (AvgIpc) is 1.82. The number of ketones is 1. The van der Waals surface area contributed by atoms with Crippen molar-refractivity contribution in [2.45, 2.75) is 6.92 Å². The summed E-state index contributed by atoms with van der Waals surface area (Å²) in [5.74, 6) is -0.0839. The number of nitrogens with zero attached hydrogens (tertiary/aromatic N) is 1. The van der Waals surface area contributed by atoms with E-state index in [1.165, 1.54) is 13.1 Å². The third-order valence-electron chi connectivity index (χ3n) is 0.812. The summed E-state index contributed by atoms with van der Waals surface area (Å²) >= 11 is 0. The van der Waals surface area contributed by atoms with E-state index in [1.807, 2.05) is 0 Å². The van der Waals surface area contributed by atoms with Crippen LogP contribution in [0.4, 0.5) is 0 Å². The molecule has 50 valence electrons. The van der Waals surface area contributed by atoms with Crippen LogP contribution in [0.5, 0.6) is 0 Å². The van der Waals surface area contributed by atoms with Crippen molar-refractivity contribution in [1.29, 1.82) is 0 Å². The number of hydrogen-bond acceptors (Lipinski definition) is 3. The molecule has 0 aromatic heterocycles. The Morgan fingerprint density at radius 2 is 2.33 bits per heavy atom. The summed E-state index contributed by atoms with van der Waals surface area (Å²) in [6.45, 7) is 4.66. The van der Waals surface area contributed by atoms with E-state index in [0.717, 1.165) is 0 Å². The summed E-state index contributed by atoms with van der Waals surface area (Å²) in [4.78, 5) is 14.0. The number of Topliss-reactive ketones (excluding diaryl/α,β-unsaturated/α-hetero) is 1. The number of aliphatic imine (C=N–C) groups is 1. The van der Waals surface area contributed by atoms with Gasteiger partial charge in [0.2, 0.25) is 0 Å². The van der Waals surface area contributed by atoms with Gasteiger partial charge in [0.25, 0.3) is 0 Å². The van der Waals surface area contributed by atoms with Gasteiger partial charge in [-0.2, -0.15) is 0 Å². The van der Waals surface area contributed by atoms with Crippen LogP contribution in [0.15, 0.2) is 16.9 Å². The summed E-state index contributed by atoms with van der Waals surface area (Å²) in [6.07, 6.45) is 1.51. The van der Waals surface area contributed by atoms with Crippen molar-refractivity contribution in [2.24, 2.45) is 4.99 Å². The van der Waals surface area contributed by atoms with Crippen molar-refractivity contribution in [3.63, 3.8) is 0 Å².